The summed E-state index contributed by atoms with van der Waals surface area (Å²) in [7, 11) is 0. The number of fused-ring (bicyclic) bond motifs is 1. The van der Waals surface area contributed by atoms with Crippen molar-refractivity contribution in [1.29, 1.82) is 0 Å². The molecule has 0 fully saturated rings. The minimum absolute atomic E-state index is 0.0528. The van der Waals surface area contributed by atoms with Crippen molar-refractivity contribution in [3.05, 3.63) is 45.8 Å². The van der Waals surface area contributed by atoms with E-state index in [0.29, 0.717) is 24.1 Å². The average Bonchev–Trinajstić information content (AvgIpc) is 2.97. The number of amides is 2. The number of nitrogens with two attached hydrogens (primary N) is 1. The minimum Gasteiger partial charge on any atom is -0.384 e. The number of pyridine rings is 1. The molecule has 1 unspecified atom stereocenters. The van der Waals surface area contributed by atoms with E-state index in [1.807, 2.05) is 6.92 Å². The number of hydrogen-bond donors (Lipinski definition) is 3. The Bertz CT molecular complexity index is 1000. The van der Waals surface area contributed by atoms with E-state index in [4.69, 9.17) is 5.73 Å². The molecule has 0 saturated carbocycles. The standard InChI is InChI=1S/C19H24N6O3/c1-4-6-7-19(5-2)24-17(27)15-11(3)8-13(18(28)25(15)19)23-16(26)12-9-14(20)22-10-21-12/h8-10H,4-7H2,1-3H3,(H,23,26)(H,24,27)(H2,20,21,22). The number of nitrogens with one attached hydrogen (secondary N) is 2. The highest BCUT2D eigenvalue weighted by Gasteiger charge is 2.43. The fourth-order valence-electron chi connectivity index (χ4n) is 3.60. The van der Waals surface area contributed by atoms with Gasteiger partial charge < -0.3 is 16.4 Å². The molecule has 2 aromatic rings. The smallest absolute Gasteiger partial charge is 0.276 e. The summed E-state index contributed by atoms with van der Waals surface area (Å²) < 4.78 is 1.50. The van der Waals surface area contributed by atoms with Crippen LogP contribution in [0.4, 0.5) is 11.5 Å². The van der Waals surface area contributed by atoms with E-state index in [2.05, 4.69) is 27.5 Å². The molecule has 0 aliphatic carbocycles. The summed E-state index contributed by atoms with van der Waals surface area (Å²) in [6.45, 7) is 5.73. The number of unbranched alkanes of at least 4 members (excludes halogenated alkanes) is 1. The first-order valence-corrected chi connectivity index (χ1v) is 9.31. The molecule has 2 aromatic heterocycles. The second-order valence-corrected chi connectivity index (χ2v) is 6.96. The zero-order valence-corrected chi connectivity index (χ0v) is 16.2. The van der Waals surface area contributed by atoms with Crippen molar-refractivity contribution in [1.82, 2.24) is 19.9 Å². The van der Waals surface area contributed by atoms with E-state index >= 15 is 0 Å². The van der Waals surface area contributed by atoms with E-state index in [9.17, 15) is 14.4 Å². The number of carbonyl (C=O) groups excluding carboxylic acids is 2. The van der Waals surface area contributed by atoms with Crippen molar-refractivity contribution in [2.45, 2.75) is 52.1 Å². The van der Waals surface area contributed by atoms with Crippen LogP contribution in [-0.4, -0.2) is 26.3 Å². The lowest BCUT2D eigenvalue weighted by Gasteiger charge is -2.31. The lowest BCUT2D eigenvalue weighted by Crippen LogP contribution is -2.47. The number of aromatic nitrogens is 3. The van der Waals surface area contributed by atoms with Crippen molar-refractivity contribution in [3.8, 4) is 0 Å². The highest BCUT2D eigenvalue weighted by Crippen LogP contribution is 2.32. The van der Waals surface area contributed by atoms with Crippen LogP contribution in [0.25, 0.3) is 0 Å². The van der Waals surface area contributed by atoms with Gasteiger partial charge in [0, 0.05) is 6.07 Å². The van der Waals surface area contributed by atoms with Crippen LogP contribution in [0, 0.1) is 6.92 Å². The molecule has 1 aliphatic rings. The molecule has 3 heterocycles. The number of hydrogen-bond acceptors (Lipinski definition) is 6. The van der Waals surface area contributed by atoms with Crippen LogP contribution in [-0.2, 0) is 5.66 Å². The third-order valence-corrected chi connectivity index (χ3v) is 5.08. The van der Waals surface area contributed by atoms with Gasteiger partial charge in [-0.3, -0.25) is 19.0 Å². The Morgan fingerprint density at radius 2 is 2.04 bits per heavy atom. The van der Waals surface area contributed by atoms with Gasteiger partial charge in [-0.15, -0.1) is 0 Å². The summed E-state index contributed by atoms with van der Waals surface area (Å²) in [6, 6.07) is 2.84. The number of rotatable bonds is 6. The van der Waals surface area contributed by atoms with Gasteiger partial charge in [-0.2, -0.15) is 0 Å². The van der Waals surface area contributed by atoms with Gasteiger partial charge in [-0.1, -0.05) is 20.3 Å². The monoisotopic (exact) mass is 384 g/mol. The van der Waals surface area contributed by atoms with Crippen molar-refractivity contribution < 1.29 is 9.59 Å². The van der Waals surface area contributed by atoms with E-state index in [-0.39, 0.29) is 23.1 Å². The Labute approximate surface area is 162 Å². The second kappa shape index (κ2) is 7.41. The lowest BCUT2D eigenvalue weighted by molar-refractivity contribution is 0.0903. The molecule has 148 valence electrons. The molecule has 2 amide bonds. The SMILES string of the molecule is CCCCC1(CC)NC(=O)c2c(C)cc(NC(=O)c3cc(N)ncn3)c(=O)n21. The molecule has 9 nitrogen and oxygen atoms in total. The second-order valence-electron chi connectivity index (χ2n) is 6.96. The van der Waals surface area contributed by atoms with Crippen molar-refractivity contribution in [2.24, 2.45) is 0 Å². The van der Waals surface area contributed by atoms with Gasteiger partial charge in [-0.05, 0) is 37.8 Å². The van der Waals surface area contributed by atoms with Gasteiger partial charge in [0.05, 0.1) is 0 Å². The van der Waals surface area contributed by atoms with E-state index in [0.717, 1.165) is 12.8 Å². The molecule has 3 rings (SSSR count). The van der Waals surface area contributed by atoms with Crippen LogP contribution in [0.5, 0.6) is 0 Å². The summed E-state index contributed by atoms with van der Waals surface area (Å²) >= 11 is 0. The average molecular weight is 384 g/mol. The van der Waals surface area contributed by atoms with Crippen molar-refractivity contribution in [2.75, 3.05) is 11.1 Å². The maximum absolute atomic E-state index is 13.2. The number of carbonyl (C=O) groups is 2. The molecule has 0 saturated heterocycles. The fourth-order valence-corrected chi connectivity index (χ4v) is 3.60. The first kappa shape index (κ1) is 19.5. The van der Waals surface area contributed by atoms with Crippen LogP contribution >= 0.6 is 0 Å². The molecule has 4 N–H and O–H groups in total. The summed E-state index contributed by atoms with van der Waals surface area (Å²) in [6.07, 6.45) is 4.17. The third-order valence-electron chi connectivity index (χ3n) is 5.08. The Morgan fingerprint density at radius 1 is 1.29 bits per heavy atom. The molecule has 1 atom stereocenters. The number of nitrogens with zero attached hydrogens (tertiary/aromatic N) is 3. The van der Waals surface area contributed by atoms with Gasteiger partial charge in [0.1, 0.15) is 34.9 Å². The predicted octanol–water partition coefficient (Wildman–Crippen LogP) is 1.78. The van der Waals surface area contributed by atoms with Crippen molar-refractivity contribution in [3.63, 3.8) is 0 Å². The normalized spacial score (nSPS) is 17.9. The lowest BCUT2D eigenvalue weighted by atomic mass is 9.99. The highest BCUT2D eigenvalue weighted by atomic mass is 16.2. The molecule has 0 bridgehead atoms. The quantitative estimate of drug-likeness (QED) is 0.695. The van der Waals surface area contributed by atoms with Crippen LogP contribution in [0.3, 0.4) is 0 Å². The fraction of sp³-hybridized carbons (Fsp3) is 0.421. The molecule has 1 aliphatic heterocycles. The molecular weight excluding hydrogens is 360 g/mol. The van der Waals surface area contributed by atoms with Crippen LogP contribution in [0.1, 0.15) is 66.1 Å². The summed E-state index contributed by atoms with van der Waals surface area (Å²) in [5.74, 6) is -0.686. The first-order valence-electron chi connectivity index (χ1n) is 9.31. The van der Waals surface area contributed by atoms with Crippen LogP contribution in [0.2, 0.25) is 0 Å². The van der Waals surface area contributed by atoms with Gasteiger partial charge in [0.15, 0.2) is 0 Å². The predicted molar refractivity (Wildman–Crippen MR) is 105 cm³/mol. The van der Waals surface area contributed by atoms with Crippen LogP contribution < -0.4 is 21.9 Å². The summed E-state index contributed by atoms with van der Waals surface area (Å²) in [5.41, 5.74) is 5.48. The molecule has 28 heavy (non-hydrogen) atoms. The Hall–Kier alpha value is -3.23. The zero-order chi connectivity index (χ0) is 20.5. The number of nitrogen functional groups attached to an aromatic ring is 1. The van der Waals surface area contributed by atoms with Gasteiger partial charge in [0.2, 0.25) is 0 Å². The molecular formula is C19H24N6O3. The summed E-state index contributed by atoms with van der Waals surface area (Å²) in [5, 5.41) is 5.59. The minimum atomic E-state index is -0.787. The number of aryl methyl sites for hydroxylation is 1. The van der Waals surface area contributed by atoms with Crippen molar-refractivity contribution >= 4 is 23.3 Å². The van der Waals surface area contributed by atoms with Gasteiger partial charge in [0.25, 0.3) is 17.4 Å². The zero-order valence-electron chi connectivity index (χ0n) is 16.2. The maximum atomic E-state index is 13.2. The largest absolute Gasteiger partial charge is 0.384 e. The van der Waals surface area contributed by atoms with E-state index in [1.54, 1.807) is 6.92 Å². The maximum Gasteiger partial charge on any atom is 0.276 e. The highest BCUT2D eigenvalue weighted by molar-refractivity contribution is 6.03. The molecule has 0 aromatic carbocycles. The third kappa shape index (κ3) is 3.23. The number of anilines is 2. The summed E-state index contributed by atoms with van der Waals surface area (Å²) in [4.78, 5) is 45.9. The topological polar surface area (TPSA) is 132 Å². The van der Waals surface area contributed by atoms with Crippen LogP contribution in [0.15, 0.2) is 23.3 Å². The first-order chi connectivity index (χ1) is 13.3. The van der Waals surface area contributed by atoms with E-state index in [1.165, 1.54) is 23.0 Å². The molecule has 0 spiro atoms. The Morgan fingerprint density at radius 3 is 2.68 bits per heavy atom. The van der Waals surface area contributed by atoms with Gasteiger partial charge >= 0.3 is 0 Å². The molecule has 9 heteroatoms. The Kier molecular flexibility index (Phi) is 5.17. The Balaban J connectivity index is 2.07. The molecule has 0 radical (unpaired) electrons. The van der Waals surface area contributed by atoms with Gasteiger partial charge in [-0.25, -0.2) is 9.97 Å². The van der Waals surface area contributed by atoms with E-state index < -0.39 is 17.1 Å².